The van der Waals surface area contributed by atoms with Crippen molar-refractivity contribution >= 4 is 0 Å². The number of rotatable bonds is 6. The number of likely N-dealkylation sites (tertiary alicyclic amines) is 1. The van der Waals surface area contributed by atoms with Gasteiger partial charge in [-0.3, -0.25) is 0 Å². The highest BCUT2D eigenvalue weighted by molar-refractivity contribution is 4.79. The van der Waals surface area contributed by atoms with Crippen LogP contribution in [0.15, 0.2) is 0 Å². The minimum Gasteiger partial charge on any atom is -0.302 e. The van der Waals surface area contributed by atoms with E-state index in [1.807, 2.05) is 0 Å². The average Bonchev–Trinajstić information content (AvgIpc) is 2.53. The van der Waals surface area contributed by atoms with Crippen molar-refractivity contribution < 1.29 is 0 Å². The summed E-state index contributed by atoms with van der Waals surface area (Å²) in [6.07, 6.45) is 5.38. The lowest BCUT2D eigenvalue weighted by Crippen LogP contribution is -2.39. The number of likely N-dealkylation sites (N-methyl/N-ethyl adjacent to an activating group) is 1. The van der Waals surface area contributed by atoms with Crippen LogP contribution in [0, 0.1) is 0 Å². The highest BCUT2D eigenvalue weighted by Crippen LogP contribution is 2.16. The summed E-state index contributed by atoms with van der Waals surface area (Å²) in [6.45, 7) is 9.70. The first-order valence-electron chi connectivity index (χ1n) is 6.20. The molecule has 0 aromatic carbocycles. The molecule has 84 valence electrons. The van der Waals surface area contributed by atoms with E-state index in [0.717, 1.165) is 6.04 Å². The second kappa shape index (κ2) is 6.41. The molecule has 1 aliphatic heterocycles. The Morgan fingerprint density at radius 2 is 1.86 bits per heavy atom. The lowest BCUT2D eigenvalue weighted by molar-refractivity contribution is 0.193. The van der Waals surface area contributed by atoms with Crippen LogP contribution in [0.4, 0.5) is 0 Å². The third kappa shape index (κ3) is 3.58. The van der Waals surface area contributed by atoms with Crippen molar-refractivity contribution in [1.82, 2.24) is 9.80 Å². The molecule has 0 aliphatic carbocycles. The molecular formula is C12H26N2. The molecule has 0 spiro atoms. The SMILES string of the molecule is CCCN(CCC)CC1CCCN1C. The summed E-state index contributed by atoms with van der Waals surface area (Å²) in [7, 11) is 2.27. The molecule has 14 heavy (non-hydrogen) atoms. The van der Waals surface area contributed by atoms with E-state index in [0.29, 0.717) is 0 Å². The van der Waals surface area contributed by atoms with E-state index in [-0.39, 0.29) is 0 Å². The normalized spacial score (nSPS) is 23.6. The molecule has 1 unspecified atom stereocenters. The summed E-state index contributed by atoms with van der Waals surface area (Å²) < 4.78 is 0. The Balaban J connectivity index is 2.29. The third-order valence-electron chi connectivity index (χ3n) is 3.22. The van der Waals surface area contributed by atoms with Gasteiger partial charge in [-0.25, -0.2) is 0 Å². The van der Waals surface area contributed by atoms with Crippen LogP contribution in [-0.2, 0) is 0 Å². The van der Waals surface area contributed by atoms with Gasteiger partial charge in [0.15, 0.2) is 0 Å². The molecule has 0 N–H and O–H groups in total. The van der Waals surface area contributed by atoms with Crippen LogP contribution >= 0.6 is 0 Å². The summed E-state index contributed by atoms with van der Waals surface area (Å²) in [5.74, 6) is 0. The molecule has 0 saturated carbocycles. The molecule has 2 heteroatoms. The van der Waals surface area contributed by atoms with E-state index in [9.17, 15) is 0 Å². The fraction of sp³-hybridized carbons (Fsp3) is 1.00. The largest absolute Gasteiger partial charge is 0.302 e. The summed E-state index contributed by atoms with van der Waals surface area (Å²) >= 11 is 0. The lowest BCUT2D eigenvalue weighted by Gasteiger charge is -2.28. The van der Waals surface area contributed by atoms with Gasteiger partial charge < -0.3 is 9.80 Å². The molecule has 0 radical (unpaired) electrons. The predicted octanol–water partition coefficient (Wildman–Crippen LogP) is 2.20. The maximum Gasteiger partial charge on any atom is 0.0220 e. The molecule has 0 aromatic rings. The maximum absolute atomic E-state index is 2.63. The fourth-order valence-corrected chi connectivity index (χ4v) is 2.43. The second-order valence-electron chi connectivity index (χ2n) is 4.58. The Kier molecular flexibility index (Phi) is 5.49. The monoisotopic (exact) mass is 198 g/mol. The van der Waals surface area contributed by atoms with Gasteiger partial charge in [0.2, 0.25) is 0 Å². The van der Waals surface area contributed by atoms with Crippen LogP contribution in [0.3, 0.4) is 0 Å². The Bertz CT molecular complexity index is 141. The van der Waals surface area contributed by atoms with Crippen LogP contribution in [0.2, 0.25) is 0 Å². The van der Waals surface area contributed by atoms with Gasteiger partial charge in [0, 0.05) is 12.6 Å². The van der Waals surface area contributed by atoms with Crippen LogP contribution in [0.1, 0.15) is 39.5 Å². The molecule has 0 bridgehead atoms. The Morgan fingerprint density at radius 1 is 1.21 bits per heavy atom. The average molecular weight is 198 g/mol. The fourth-order valence-electron chi connectivity index (χ4n) is 2.43. The highest BCUT2D eigenvalue weighted by Gasteiger charge is 2.22. The van der Waals surface area contributed by atoms with Gasteiger partial charge in [-0.1, -0.05) is 13.8 Å². The van der Waals surface area contributed by atoms with Crippen molar-refractivity contribution in [3.63, 3.8) is 0 Å². The van der Waals surface area contributed by atoms with E-state index in [1.54, 1.807) is 0 Å². The lowest BCUT2D eigenvalue weighted by atomic mass is 10.2. The van der Waals surface area contributed by atoms with Gasteiger partial charge >= 0.3 is 0 Å². The van der Waals surface area contributed by atoms with Crippen molar-refractivity contribution in [3.8, 4) is 0 Å². The van der Waals surface area contributed by atoms with Gasteiger partial charge in [-0.05, 0) is 52.4 Å². The van der Waals surface area contributed by atoms with Crippen molar-refractivity contribution in [2.45, 2.75) is 45.6 Å². The summed E-state index contributed by atoms with van der Waals surface area (Å²) in [5.41, 5.74) is 0. The van der Waals surface area contributed by atoms with E-state index in [2.05, 4.69) is 30.7 Å². The van der Waals surface area contributed by atoms with Gasteiger partial charge in [-0.15, -0.1) is 0 Å². The highest BCUT2D eigenvalue weighted by atomic mass is 15.2. The summed E-state index contributed by atoms with van der Waals surface area (Å²) in [5, 5.41) is 0. The topological polar surface area (TPSA) is 6.48 Å². The first kappa shape index (κ1) is 12.0. The molecule has 1 atom stereocenters. The summed E-state index contributed by atoms with van der Waals surface area (Å²) in [4.78, 5) is 5.16. The number of hydrogen-bond acceptors (Lipinski definition) is 2. The third-order valence-corrected chi connectivity index (χ3v) is 3.22. The van der Waals surface area contributed by atoms with Crippen molar-refractivity contribution in [3.05, 3.63) is 0 Å². The zero-order valence-corrected chi connectivity index (χ0v) is 10.1. The Hall–Kier alpha value is -0.0800. The molecule has 0 aromatic heterocycles. The molecule has 0 amide bonds. The zero-order valence-electron chi connectivity index (χ0n) is 10.1. The molecular weight excluding hydrogens is 172 g/mol. The quantitative estimate of drug-likeness (QED) is 0.645. The van der Waals surface area contributed by atoms with E-state index in [4.69, 9.17) is 0 Å². The summed E-state index contributed by atoms with van der Waals surface area (Å²) in [6, 6.07) is 0.827. The molecule has 1 fully saturated rings. The molecule has 1 heterocycles. The van der Waals surface area contributed by atoms with Crippen molar-refractivity contribution in [2.75, 3.05) is 33.2 Å². The second-order valence-corrected chi connectivity index (χ2v) is 4.58. The first-order chi connectivity index (χ1) is 6.77. The standard InChI is InChI=1S/C12H26N2/c1-4-8-14(9-5-2)11-12-7-6-10-13(12)3/h12H,4-11H2,1-3H3. The Morgan fingerprint density at radius 3 is 2.29 bits per heavy atom. The molecule has 1 aliphatic rings. The van der Waals surface area contributed by atoms with E-state index >= 15 is 0 Å². The zero-order chi connectivity index (χ0) is 10.4. The Labute approximate surface area is 89.3 Å². The van der Waals surface area contributed by atoms with Crippen LogP contribution in [0.25, 0.3) is 0 Å². The number of nitrogens with zero attached hydrogens (tertiary/aromatic N) is 2. The van der Waals surface area contributed by atoms with Crippen molar-refractivity contribution in [1.29, 1.82) is 0 Å². The van der Waals surface area contributed by atoms with Crippen LogP contribution in [-0.4, -0.2) is 49.1 Å². The minimum absolute atomic E-state index is 0.827. The first-order valence-corrected chi connectivity index (χ1v) is 6.20. The van der Waals surface area contributed by atoms with Crippen LogP contribution < -0.4 is 0 Å². The van der Waals surface area contributed by atoms with E-state index in [1.165, 1.54) is 51.9 Å². The molecule has 1 saturated heterocycles. The predicted molar refractivity (Wildman–Crippen MR) is 62.7 cm³/mol. The van der Waals surface area contributed by atoms with Crippen LogP contribution in [0.5, 0.6) is 0 Å². The minimum atomic E-state index is 0.827. The maximum atomic E-state index is 2.63. The smallest absolute Gasteiger partial charge is 0.0220 e. The van der Waals surface area contributed by atoms with Crippen molar-refractivity contribution in [2.24, 2.45) is 0 Å². The van der Waals surface area contributed by atoms with Gasteiger partial charge in [0.05, 0.1) is 0 Å². The van der Waals surface area contributed by atoms with Gasteiger partial charge in [0.1, 0.15) is 0 Å². The molecule has 1 rings (SSSR count). The van der Waals surface area contributed by atoms with Gasteiger partial charge in [-0.2, -0.15) is 0 Å². The molecule has 2 nitrogen and oxygen atoms in total. The number of hydrogen-bond donors (Lipinski definition) is 0. The van der Waals surface area contributed by atoms with Gasteiger partial charge in [0.25, 0.3) is 0 Å². The van der Waals surface area contributed by atoms with E-state index < -0.39 is 0 Å².